The third kappa shape index (κ3) is 4.32. The van der Waals surface area contributed by atoms with Crippen LogP contribution in [0.2, 0.25) is 0 Å². The van der Waals surface area contributed by atoms with Gasteiger partial charge in [-0.05, 0) is 36.6 Å². The van der Waals surface area contributed by atoms with Crippen molar-refractivity contribution in [1.82, 2.24) is 4.31 Å². The SMILES string of the molecule is O=[N+]([O-])c1ccc([O-])c(C=Nc2cccc(S(=O)(=O)N3CCCCC3)c2)c1. The number of aliphatic imine (C=N–C) groups is 1. The molecule has 0 atom stereocenters. The van der Waals surface area contributed by atoms with Crippen LogP contribution in [0.15, 0.2) is 52.4 Å². The summed E-state index contributed by atoms with van der Waals surface area (Å²) in [4.78, 5) is 14.5. The van der Waals surface area contributed by atoms with Crippen LogP contribution >= 0.6 is 0 Å². The molecule has 0 aromatic heterocycles. The van der Waals surface area contributed by atoms with E-state index in [9.17, 15) is 23.6 Å². The second-order valence-corrected chi connectivity index (χ2v) is 8.14. The van der Waals surface area contributed by atoms with Gasteiger partial charge in [0.1, 0.15) is 0 Å². The molecule has 1 aliphatic heterocycles. The molecule has 9 heteroatoms. The molecule has 0 saturated carbocycles. The number of sulfonamides is 1. The van der Waals surface area contributed by atoms with Crippen molar-refractivity contribution in [2.45, 2.75) is 24.2 Å². The lowest BCUT2D eigenvalue weighted by molar-refractivity contribution is -0.385. The summed E-state index contributed by atoms with van der Waals surface area (Å²) in [5.74, 6) is -0.401. The molecule has 0 unspecified atom stereocenters. The highest BCUT2D eigenvalue weighted by atomic mass is 32.2. The fourth-order valence-corrected chi connectivity index (χ4v) is 4.43. The largest absolute Gasteiger partial charge is 0.872 e. The Morgan fingerprint density at radius 3 is 2.52 bits per heavy atom. The molecular weight excluding hydrogens is 370 g/mol. The Balaban J connectivity index is 1.87. The molecule has 1 aliphatic rings. The van der Waals surface area contributed by atoms with Crippen molar-refractivity contribution < 1.29 is 18.4 Å². The molecule has 1 fully saturated rings. The van der Waals surface area contributed by atoms with E-state index in [1.165, 1.54) is 22.7 Å². The normalized spacial score (nSPS) is 15.9. The van der Waals surface area contributed by atoms with Gasteiger partial charge >= 0.3 is 0 Å². The summed E-state index contributed by atoms with van der Waals surface area (Å²) in [5, 5.41) is 22.7. The number of nitro benzene ring substituents is 1. The van der Waals surface area contributed by atoms with Gasteiger partial charge in [-0.1, -0.05) is 24.3 Å². The van der Waals surface area contributed by atoms with Crippen LogP contribution in [-0.4, -0.2) is 37.0 Å². The third-order valence-corrected chi connectivity index (χ3v) is 6.22. The minimum atomic E-state index is -3.59. The Kier molecular flexibility index (Phi) is 5.52. The van der Waals surface area contributed by atoms with Crippen molar-refractivity contribution in [2.24, 2.45) is 4.99 Å². The fourth-order valence-electron chi connectivity index (χ4n) is 2.87. The van der Waals surface area contributed by atoms with Gasteiger partial charge in [0.2, 0.25) is 10.0 Å². The van der Waals surface area contributed by atoms with Crippen LogP contribution in [-0.2, 0) is 10.0 Å². The van der Waals surface area contributed by atoms with Crippen LogP contribution in [0.1, 0.15) is 24.8 Å². The highest BCUT2D eigenvalue weighted by molar-refractivity contribution is 7.89. The Bertz CT molecular complexity index is 982. The fraction of sp³-hybridized carbons (Fsp3) is 0.278. The zero-order chi connectivity index (χ0) is 19.4. The van der Waals surface area contributed by atoms with Crippen molar-refractivity contribution in [3.05, 3.63) is 58.1 Å². The highest BCUT2D eigenvalue weighted by Gasteiger charge is 2.25. The van der Waals surface area contributed by atoms with Gasteiger partial charge < -0.3 is 5.11 Å². The van der Waals surface area contributed by atoms with Crippen molar-refractivity contribution in [3.63, 3.8) is 0 Å². The van der Waals surface area contributed by atoms with Crippen molar-refractivity contribution in [3.8, 4) is 5.75 Å². The minimum Gasteiger partial charge on any atom is -0.872 e. The summed E-state index contributed by atoms with van der Waals surface area (Å²) in [5.41, 5.74) is 0.199. The van der Waals surface area contributed by atoms with Gasteiger partial charge in [-0.25, -0.2) is 8.42 Å². The maximum atomic E-state index is 12.7. The summed E-state index contributed by atoms with van der Waals surface area (Å²) < 4.78 is 26.9. The summed E-state index contributed by atoms with van der Waals surface area (Å²) in [6.07, 6.45) is 3.92. The molecule has 0 amide bonds. The molecule has 8 nitrogen and oxygen atoms in total. The number of rotatable bonds is 5. The predicted molar refractivity (Wildman–Crippen MR) is 98.8 cm³/mol. The van der Waals surface area contributed by atoms with E-state index in [4.69, 9.17) is 0 Å². The van der Waals surface area contributed by atoms with Crippen LogP contribution in [0, 0.1) is 10.1 Å². The molecular formula is C18H18N3O5S-. The first kappa shape index (κ1) is 19.0. The van der Waals surface area contributed by atoms with E-state index < -0.39 is 20.7 Å². The number of nitro groups is 1. The first-order valence-corrected chi connectivity index (χ1v) is 9.92. The number of hydrogen-bond donors (Lipinski definition) is 0. The second-order valence-electron chi connectivity index (χ2n) is 6.20. The van der Waals surface area contributed by atoms with E-state index in [-0.39, 0.29) is 16.1 Å². The topological polar surface area (TPSA) is 116 Å². The van der Waals surface area contributed by atoms with Gasteiger partial charge in [0.15, 0.2) is 0 Å². The third-order valence-electron chi connectivity index (χ3n) is 4.33. The predicted octanol–water partition coefficient (Wildman–Crippen LogP) is 2.59. The molecule has 2 aromatic carbocycles. The smallest absolute Gasteiger partial charge is 0.270 e. The van der Waals surface area contributed by atoms with Gasteiger partial charge in [-0.15, -0.1) is 0 Å². The van der Waals surface area contributed by atoms with E-state index in [2.05, 4.69) is 4.99 Å². The molecule has 0 aliphatic carbocycles. The molecule has 142 valence electrons. The molecule has 2 aromatic rings. The number of piperidine rings is 1. The van der Waals surface area contributed by atoms with Crippen LogP contribution in [0.5, 0.6) is 5.75 Å². The van der Waals surface area contributed by atoms with Crippen molar-refractivity contribution >= 4 is 27.6 Å². The summed E-state index contributed by atoms with van der Waals surface area (Å²) in [6, 6.07) is 9.50. The molecule has 0 radical (unpaired) electrons. The zero-order valence-corrected chi connectivity index (χ0v) is 15.3. The lowest BCUT2D eigenvalue weighted by Gasteiger charge is -2.25. The molecule has 1 saturated heterocycles. The maximum Gasteiger partial charge on any atom is 0.270 e. The van der Waals surface area contributed by atoms with E-state index in [0.717, 1.165) is 37.5 Å². The lowest BCUT2D eigenvalue weighted by Crippen LogP contribution is -2.35. The van der Waals surface area contributed by atoms with Crippen molar-refractivity contribution in [2.75, 3.05) is 13.1 Å². The highest BCUT2D eigenvalue weighted by Crippen LogP contribution is 2.25. The zero-order valence-electron chi connectivity index (χ0n) is 14.4. The molecule has 0 bridgehead atoms. The summed E-state index contributed by atoms with van der Waals surface area (Å²) >= 11 is 0. The van der Waals surface area contributed by atoms with Crippen LogP contribution < -0.4 is 5.11 Å². The minimum absolute atomic E-state index is 0.0634. The van der Waals surface area contributed by atoms with Gasteiger partial charge in [0.05, 0.1) is 15.5 Å². The molecule has 1 heterocycles. The van der Waals surface area contributed by atoms with Crippen LogP contribution in [0.25, 0.3) is 0 Å². The number of hydrogen-bond acceptors (Lipinski definition) is 6. The first-order valence-electron chi connectivity index (χ1n) is 8.48. The van der Waals surface area contributed by atoms with E-state index in [1.54, 1.807) is 12.1 Å². The first-order chi connectivity index (χ1) is 12.9. The standard InChI is InChI=1S/C18H19N3O5S/c22-18-8-7-16(21(23)24)11-14(18)13-19-15-5-4-6-17(12-15)27(25,26)20-9-2-1-3-10-20/h4-8,11-13,22H,1-3,9-10H2/p-1. The number of benzene rings is 2. The lowest BCUT2D eigenvalue weighted by atomic mass is 10.2. The Hall–Kier alpha value is -2.78. The summed E-state index contributed by atoms with van der Waals surface area (Å²) in [6.45, 7) is 1.01. The van der Waals surface area contributed by atoms with E-state index >= 15 is 0 Å². The maximum absolute atomic E-state index is 12.7. The Labute approximate surface area is 157 Å². The molecule has 27 heavy (non-hydrogen) atoms. The van der Waals surface area contributed by atoms with Crippen LogP contribution in [0.4, 0.5) is 11.4 Å². The van der Waals surface area contributed by atoms with Gasteiger partial charge in [-0.2, -0.15) is 4.31 Å². The molecule has 0 spiro atoms. The second kappa shape index (κ2) is 7.85. The van der Waals surface area contributed by atoms with Crippen molar-refractivity contribution in [1.29, 1.82) is 0 Å². The molecule has 3 rings (SSSR count). The quantitative estimate of drug-likeness (QED) is 0.443. The Morgan fingerprint density at radius 1 is 1.07 bits per heavy atom. The summed E-state index contributed by atoms with van der Waals surface area (Å²) in [7, 11) is -3.59. The van der Waals surface area contributed by atoms with Gasteiger partial charge in [-0.3, -0.25) is 15.1 Å². The molecule has 0 N–H and O–H groups in total. The average Bonchev–Trinajstić information content (AvgIpc) is 2.68. The number of nitrogens with zero attached hydrogens (tertiary/aromatic N) is 3. The monoisotopic (exact) mass is 388 g/mol. The van der Waals surface area contributed by atoms with E-state index in [0.29, 0.717) is 18.8 Å². The Morgan fingerprint density at radius 2 is 1.81 bits per heavy atom. The van der Waals surface area contributed by atoms with Crippen LogP contribution in [0.3, 0.4) is 0 Å². The van der Waals surface area contributed by atoms with Gasteiger partial charge in [0, 0.05) is 31.4 Å². The number of non-ortho nitro benzene ring substituents is 1. The van der Waals surface area contributed by atoms with Gasteiger partial charge in [0.25, 0.3) is 5.69 Å². The van der Waals surface area contributed by atoms with E-state index in [1.807, 2.05) is 0 Å². The average molecular weight is 388 g/mol.